The van der Waals surface area contributed by atoms with Crippen LogP contribution in [-0.2, 0) is 14.3 Å². The zero-order valence-corrected chi connectivity index (χ0v) is 27.4. The summed E-state index contributed by atoms with van der Waals surface area (Å²) in [6.07, 6.45) is 16.1. The minimum absolute atomic E-state index is 0.00138. The third-order valence-electron chi connectivity index (χ3n) is 12.8. The van der Waals surface area contributed by atoms with Gasteiger partial charge in [-0.3, -0.25) is 9.59 Å². The number of piperazine rings is 1. The molecule has 7 rings (SSSR count). The molecule has 44 heavy (non-hydrogen) atoms. The van der Waals surface area contributed by atoms with E-state index in [1.807, 2.05) is 6.20 Å². The van der Waals surface area contributed by atoms with E-state index >= 15 is 0 Å². The lowest BCUT2D eigenvalue weighted by Gasteiger charge is -2.60. The van der Waals surface area contributed by atoms with Crippen LogP contribution in [0.1, 0.15) is 77.0 Å². The fourth-order valence-electron chi connectivity index (χ4n) is 10.1. The minimum Gasteiger partial charge on any atom is -0.369 e. The van der Waals surface area contributed by atoms with Crippen molar-refractivity contribution in [3.8, 4) is 0 Å². The van der Waals surface area contributed by atoms with Gasteiger partial charge in [0.05, 0.1) is 29.9 Å². The first-order valence-electron chi connectivity index (χ1n) is 18.3. The molecular formula is C35H58N6O3. The van der Waals surface area contributed by atoms with Gasteiger partial charge in [0.1, 0.15) is 0 Å². The van der Waals surface area contributed by atoms with E-state index in [-0.39, 0.29) is 47.9 Å². The lowest BCUT2D eigenvalue weighted by molar-refractivity contribution is -0.200. The van der Waals surface area contributed by atoms with Gasteiger partial charge in [0, 0.05) is 56.9 Å². The van der Waals surface area contributed by atoms with Crippen LogP contribution in [0.2, 0.25) is 0 Å². The largest absolute Gasteiger partial charge is 0.369 e. The van der Waals surface area contributed by atoms with Crippen molar-refractivity contribution in [2.75, 3.05) is 66.5 Å². The highest BCUT2D eigenvalue weighted by molar-refractivity contribution is 6.20. The number of amides is 1. The number of fused-ring (bicyclic) bond motifs is 3. The summed E-state index contributed by atoms with van der Waals surface area (Å²) in [5.41, 5.74) is 0.398. The minimum atomic E-state index is -0.163. The van der Waals surface area contributed by atoms with Gasteiger partial charge in [0.25, 0.3) is 5.91 Å². The van der Waals surface area contributed by atoms with E-state index in [9.17, 15) is 9.59 Å². The van der Waals surface area contributed by atoms with E-state index in [1.54, 1.807) is 0 Å². The highest BCUT2D eigenvalue weighted by Crippen LogP contribution is 2.49. The zero-order valence-electron chi connectivity index (χ0n) is 27.4. The number of carbonyl (C=O) groups excluding carboxylic acids is 2. The Balaban J connectivity index is 1.05. The first kappa shape index (κ1) is 31.1. The second-order valence-corrected chi connectivity index (χ2v) is 15.4. The van der Waals surface area contributed by atoms with Gasteiger partial charge in [-0.15, -0.1) is 0 Å². The van der Waals surface area contributed by atoms with Crippen molar-refractivity contribution in [1.82, 2.24) is 30.2 Å². The molecule has 3 saturated heterocycles. The fraction of sp³-hybridized carbons (Fsp3) is 0.886. The Hall–Kier alpha value is -1.52. The molecule has 3 aliphatic carbocycles. The van der Waals surface area contributed by atoms with Crippen molar-refractivity contribution in [2.24, 2.45) is 17.8 Å². The van der Waals surface area contributed by atoms with Crippen molar-refractivity contribution in [3.63, 3.8) is 0 Å². The Morgan fingerprint density at radius 1 is 0.932 bits per heavy atom. The lowest BCUT2D eigenvalue weighted by atomic mass is 9.65. The van der Waals surface area contributed by atoms with E-state index in [2.05, 4.69) is 44.3 Å². The van der Waals surface area contributed by atoms with Crippen molar-refractivity contribution in [2.45, 2.75) is 113 Å². The molecule has 6 fully saturated rings. The molecule has 1 amide bonds. The SMILES string of the molecule is CN1CCN(CCCNC2CCC3C(=O)C(C(=O)NCCC4CCCN4C)=CN4C5CC6CCCCC6CC5OC2C34)CC1. The van der Waals surface area contributed by atoms with E-state index in [1.165, 1.54) is 38.5 Å². The summed E-state index contributed by atoms with van der Waals surface area (Å²) in [5, 5.41) is 7.07. The summed E-state index contributed by atoms with van der Waals surface area (Å²) < 4.78 is 7.12. The van der Waals surface area contributed by atoms with Gasteiger partial charge >= 0.3 is 0 Å². The molecule has 9 atom stereocenters. The van der Waals surface area contributed by atoms with Crippen molar-refractivity contribution >= 4 is 11.7 Å². The van der Waals surface area contributed by atoms with Gasteiger partial charge in [-0.25, -0.2) is 0 Å². The number of ether oxygens (including phenoxy) is 1. The van der Waals surface area contributed by atoms with E-state index in [0.717, 1.165) is 96.2 Å². The lowest BCUT2D eigenvalue weighted by Crippen LogP contribution is -2.71. The maximum absolute atomic E-state index is 14.0. The molecule has 0 bridgehead atoms. The molecule has 0 radical (unpaired) electrons. The number of likely N-dealkylation sites (tertiary alicyclic amines) is 1. The Morgan fingerprint density at radius 3 is 2.50 bits per heavy atom. The van der Waals surface area contributed by atoms with Crippen LogP contribution in [0, 0.1) is 17.8 Å². The average Bonchev–Trinajstić information content (AvgIpc) is 3.45. The summed E-state index contributed by atoms with van der Waals surface area (Å²) in [5.74, 6) is 1.25. The predicted molar refractivity (Wildman–Crippen MR) is 172 cm³/mol. The number of nitrogens with one attached hydrogen (secondary N) is 2. The molecule has 246 valence electrons. The van der Waals surface area contributed by atoms with Crippen LogP contribution < -0.4 is 10.6 Å². The van der Waals surface area contributed by atoms with Gasteiger partial charge < -0.3 is 35.0 Å². The Morgan fingerprint density at radius 2 is 1.73 bits per heavy atom. The predicted octanol–water partition coefficient (Wildman–Crippen LogP) is 2.47. The van der Waals surface area contributed by atoms with Crippen LogP contribution in [0.5, 0.6) is 0 Å². The van der Waals surface area contributed by atoms with E-state index < -0.39 is 0 Å². The molecule has 0 spiro atoms. The van der Waals surface area contributed by atoms with Crippen LogP contribution in [0.15, 0.2) is 11.8 Å². The Kier molecular flexibility index (Phi) is 9.67. The molecule has 2 N–H and O–H groups in total. The number of morpholine rings is 1. The molecule has 9 unspecified atom stereocenters. The molecule has 4 heterocycles. The first-order valence-corrected chi connectivity index (χ1v) is 18.3. The molecule has 9 heteroatoms. The van der Waals surface area contributed by atoms with Gasteiger partial charge in [-0.1, -0.05) is 25.7 Å². The molecule has 9 nitrogen and oxygen atoms in total. The molecule has 0 aromatic carbocycles. The van der Waals surface area contributed by atoms with Crippen LogP contribution in [0.25, 0.3) is 0 Å². The molecular weight excluding hydrogens is 552 g/mol. The first-order chi connectivity index (χ1) is 21.5. The number of hydrogen-bond acceptors (Lipinski definition) is 8. The molecule has 0 aromatic rings. The third-order valence-corrected chi connectivity index (χ3v) is 12.8. The molecule has 4 aliphatic heterocycles. The van der Waals surface area contributed by atoms with Gasteiger partial charge in [0.15, 0.2) is 5.78 Å². The standard InChI is InChI=1S/C35H58N6O3/c1-38-17-19-40(20-18-38)16-6-13-36-29-11-10-27-32-34(29)44-31-22-25-8-4-3-7-24(25)21-30(31)41(32)23-28(33(27)42)35(43)37-14-12-26-9-5-15-39(26)2/h23-27,29-32,34,36H,3-22H2,1-2H3,(H,37,43). The highest BCUT2D eigenvalue weighted by atomic mass is 16.5. The summed E-state index contributed by atoms with van der Waals surface area (Å²) >= 11 is 0. The van der Waals surface area contributed by atoms with Crippen molar-refractivity contribution < 1.29 is 14.3 Å². The molecule has 7 aliphatic rings. The van der Waals surface area contributed by atoms with Gasteiger partial charge in [0.2, 0.25) is 0 Å². The monoisotopic (exact) mass is 610 g/mol. The normalized spacial score (nSPS) is 39.8. The van der Waals surface area contributed by atoms with Crippen LogP contribution in [0.4, 0.5) is 0 Å². The second-order valence-electron chi connectivity index (χ2n) is 15.4. The number of nitrogens with zero attached hydrogens (tertiary/aromatic N) is 4. The number of hydrogen-bond donors (Lipinski definition) is 2. The molecule has 0 aromatic heterocycles. The van der Waals surface area contributed by atoms with E-state index in [0.29, 0.717) is 18.2 Å². The summed E-state index contributed by atoms with van der Waals surface area (Å²) in [6, 6.07) is 1.11. The maximum Gasteiger partial charge on any atom is 0.256 e. The zero-order chi connectivity index (χ0) is 30.2. The summed E-state index contributed by atoms with van der Waals surface area (Å²) in [6.45, 7) is 8.55. The van der Waals surface area contributed by atoms with Gasteiger partial charge in [-0.05, 0) is 96.9 Å². The van der Waals surface area contributed by atoms with E-state index in [4.69, 9.17) is 4.74 Å². The third kappa shape index (κ3) is 6.38. The number of ketones is 1. The topological polar surface area (TPSA) is 80.4 Å². The van der Waals surface area contributed by atoms with Gasteiger partial charge in [-0.2, -0.15) is 0 Å². The quantitative estimate of drug-likeness (QED) is 0.305. The number of Topliss-reactive ketones (excluding diaryl/α,β-unsaturated/α-hetero) is 1. The number of rotatable bonds is 9. The Bertz CT molecular complexity index is 1060. The fourth-order valence-corrected chi connectivity index (χ4v) is 10.1. The van der Waals surface area contributed by atoms with Crippen LogP contribution >= 0.6 is 0 Å². The smallest absolute Gasteiger partial charge is 0.256 e. The number of carbonyl (C=O) groups is 2. The van der Waals surface area contributed by atoms with Crippen molar-refractivity contribution in [3.05, 3.63) is 11.8 Å². The summed E-state index contributed by atoms with van der Waals surface area (Å²) in [7, 11) is 4.39. The molecule has 3 saturated carbocycles. The van der Waals surface area contributed by atoms with Crippen LogP contribution in [-0.4, -0.2) is 134 Å². The maximum atomic E-state index is 14.0. The number of likely N-dealkylation sites (N-methyl/N-ethyl adjacent to an activating group) is 1. The van der Waals surface area contributed by atoms with Crippen LogP contribution in [0.3, 0.4) is 0 Å². The average molecular weight is 611 g/mol. The Labute approximate surface area is 265 Å². The summed E-state index contributed by atoms with van der Waals surface area (Å²) in [4.78, 5) is 37.5. The highest BCUT2D eigenvalue weighted by Gasteiger charge is 2.57. The van der Waals surface area contributed by atoms with Crippen molar-refractivity contribution in [1.29, 1.82) is 0 Å². The second kappa shape index (κ2) is 13.7.